The Morgan fingerprint density at radius 1 is 1.23 bits per heavy atom. The van der Waals surface area contributed by atoms with Crippen LogP contribution in [0.25, 0.3) is 0 Å². The molecule has 0 aromatic heterocycles. The predicted octanol–water partition coefficient (Wildman–Crippen LogP) is 4.88. The number of allylic oxidation sites excluding steroid dienone is 2. The highest BCUT2D eigenvalue weighted by Gasteiger charge is 2.45. The van der Waals surface area contributed by atoms with Gasteiger partial charge in [-0.05, 0) is 56.8 Å². The number of hydrogen-bond acceptors (Lipinski definition) is 5. The van der Waals surface area contributed by atoms with Gasteiger partial charge in [0.15, 0.2) is 12.4 Å². The third-order valence-electron chi connectivity index (χ3n) is 7.30. The molecule has 5 heteroatoms. The van der Waals surface area contributed by atoms with E-state index in [1.165, 1.54) is 5.57 Å². The molecule has 2 aliphatic rings. The van der Waals surface area contributed by atoms with E-state index in [0.29, 0.717) is 36.7 Å². The Morgan fingerprint density at radius 3 is 2.74 bits per heavy atom. The molecule has 35 heavy (non-hydrogen) atoms. The number of fused-ring (bicyclic) bond motifs is 1. The monoisotopic (exact) mass is 478 g/mol. The molecule has 3 rings (SSSR count). The zero-order valence-electron chi connectivity index (χ0n) is 20.9. The Kier molecular flexibility index (Phi) is 10.3. The zero-order chi connectivity index (χ0) is 25.2. The summed E-state index contributed by atoms with van der Waals surface area (Å²) >= 11 is 0. The molecule has 2 fully saturated rings. The molecule has 6 atom stereocenters. The fraction of sp³-hybridized carbons (Fsp3) is 0.533. The maximum atomic E-state index is 12.0. The van der Waals surface area contributed by atoms with Gasteiger partial charge in [-0.3, -0.25) is 9.59 Å². The van der Waals surface area contributed by atoms with E-state index >= 15 is 0 Å². The van der Waals surface area contributed by atoms with Gasteiger partial charge in [0.1, 0.15) is 0 Å². The fourth-order valence-electron chi connectivity index (χ4n) is 5.23. The van der Waals surface area contributed by atoms with Gasteiger partial charge in [0.05, 0.1) is 12.2 Å². The molecule has 5 nitrogen and oxygen atoms in total. The van der Waals surface area contributed by atoms with E-state index in [2.05, 4.69) is 17.9 Å². The molecule has 0 radical (unpaired) electrons. The number of rotatable bonds is 11. The normalized spacial score (nSPS) is 26.2. The van der Waals surface area contributed by atoms with E-state index in [-0.39, 0.29) is 36.3 Å². The first-order valence-corrected chi connectivity index (χ1v) is 12.7. The van der Waals surface area contributed by atoms with Crippen LogP contribution < -0.4 is 0 Å². The van der Waals surface area contributed by atoms with Gasteiger partial charge in [-0.15, -0.1) is 11.8 Å². The minimum atomic E-state index is -0.554. The van der Waals surface area contributed by atoms with Crippen LogP contribution in [0.4, 0.5) is 0 Å². The number of benzene rings is 1. The highest BCUT2D eigenvalue weighted by atomic mass is 16.5. The third kappa shape index (κ3) is 7.92. The number of esters is 1. The first kappa shape index (κ1) is 26.9. The van der Waals surface area contributed by atoms with Crippen LogP contribution in [0.2, 0.25) is 0 Å². The second-order valence-corrected chi connectivity index (χ2v) is 9.90. The van der Waals surface area contributed by atoms with Gasteiger partial charge >= 0.3 is 5.97 Å². The number of carbonyl (C=O) groups excluding carboxylic acids is 2. The molecule has 0 bridgehead atoms. The Balaban J connectivity index is 1.40. The molecule has 0 amide bonds. The van der Waals surface area contributed by atoms with Gasteiger partial charge < -0.3 is 14.9 Å². The van der Waals surface area contributed by atoms with E-state index in [1.807, 2.05) is 25.1 Å². The fourth-order valence-corrected chi connectivity index (χ4v) is 5.23. The summed E-state index contributed by atoms with van der Waals surface area (Å²) in [5.41, 5.74) is 1.94. The second kappa shape index (κ2) is 13.4. The van der Waals surface area contributed by atoms with Crippen molar-refractivity contribution in [3.63, 3.8) is 0 Å². The van der Waals surface area contributed by atoms with Crippen molar-refractivity contribution in [1.82, 2.24) is 0 Å². The summed E-state index contributed by atoms with van der Waals surface area (Å²) in [4.78, 5) is 24.0. The van der Waals surface area contributed by atoms with Crippen molar-refractivity contribution in [1.29, 1.82) is 0 Å². The molecule has 2 saturated carbocycles. The van der Waals surface area contributed by atoms with Gasteiger partial charge in [-0.1, -0.05) is 61.1 Å². The van der Waals surface area contributed by atoms with Crippen molar-refractivity contribution >= 4 is 11.8 Å². The highest BCUT2D eigenvalue weighted by molar-refractivity contribution is 5.97. The molecule has 0 saturated heterocycles. The minimum absolute atomic E-state index is 0.0650. The average Bonchev–Trinajstić information content (AvgIpc) is 3.38. The SMILES string of the molecule is CC#CCC(C)C(O)/C=C/C1C(O)CC2C/C(=C\CCCC(=O)OCC(=O)c3ccccc3)CC21. The maximum absolute atomic E-state index is 12.0. The van der Waals surface area contributed by atoms with Gasteiger partial charge in [0, 0.05) is 24.3 Å². The number of hydrogen-bond donors (Lipinski definition) is 2. The lowest BCUT2D eigenvalue weighted by Crippen LogP contribution is -2.19. The molecular weight excluding hydrogens is 440 g/mol. The number of aliphatic hydroxyl groups excluding tert-OH is 2. The van der Waals surface area contributed by atoms with Crippen LogP contribution in [0, 0.1) is 35.5 Å². The summed E-state index contributed by atoms with van der Waals surface area (Å²) in [6.45, 7) is 3.57. The van der Waals surface area contributed by atoms with E-state index in [0.717, 1.165) is 25.7 Å². The Hall–Kier alpha value is -2.68. The van der Waals surface area contributed by atoms with Crippen molar-refractivity contribution in [3.05, 3.63) is 59.7 Å². The first-order chi connectivity index (χ1) is 16.9. The number of carbonyl (C=O) groups is 2. The third-order valence-corrected chi connectivity index (χ3v) is 7.30. The van der Waals surface area contributed by atoms with Crippen LogP contribution in [0.5, 0.6) is 0 Å². The lowest BCUT2D eigenvalue weighted by atomic mass is 9.89. The molecule has 0 heterocycles. The molecular formula is C30H38O5. The number of ether oxygens (including phenoxy) is 1. The molecule has 2 N–H and O–H groups in total. The van der Waals surface area contributed by atoms with Gasteiger partial charge in [0.25, 0.3) is 0 Å². The van der Waals surface area contributed by atoms with Crippen LogP contribution in [-0.2, 0) is 9.53 Å². The van der Waals surface area contributed by atoms with Crippen molar-refractivity contribution < 1.29 is 24.5 Å². The summed E-state index contributed by atoms with van der Waals surface area (Å²) in [5.74, 6) is 6.35. The highest BCUT2D eigenvalue weighted by Crippen LogP contribution is 2.50. The van der Waals surface area contributed by atoms with Crippen LogP contribution in [0.15, 0.2) is 54.1 Å². The van der Waals surface area contributed by atoms with Crippen molar-refractivity contribution in [2.24, 2.45) is 23.7 Å². The molecule has 0 spiro atoms. The molecule has 1 aromatic carbocycles. The van der Waals surface area contributed by atoms with Crippen LogP contribution in [0.1, 0.15) is 69.2 Å². The number of aliphatic hydroxyl groups is 2. The lowest BCUT2D eigenvalue weighted by molar-refractivity contribution is -0.142. The molecule has 6 unspecified atom stereocenters. The summed E-state index contributed by atoms with van der Waals surface area (Å²) in [6, 6.07) is 8.83. The van der Waals surface area contributed by atoms with E-state index in [1.54, 1.807) is 31.2 Å². The van der Waals surface area contributed by atoms with Crippen LogP contribution in [0.3, 0.4) is 0 Å². The predicted molar refractivity (Wildman–Crippen MR) is 136 cm³/mol. The Morgan fingerprint density at radius 2 is 2.00 bits per heavy atom. The smallest absolute Gasteiger partial charge is 0.306 e. The molecule has 2 aliphatic carbocycles. The van der Waals surface area contributed by atoms with Gasteiger partial charge in [-0.2, -0.15) is 0 Å². The summed E-state index contributed by atoms with van der Waals surface area (Å²) < 4.78 is 5.13. The molecule has 1 aromatic rings. The summed E-state index contributed by atoms with van der Waals surface area (Å²) in [5, 5.41) is 21.0. The van der Waals surface area contributed by atoms with Crippen LogP contribution >= 0.6 is 0 Å². The maximum Gasteiger partial charge on any atom is 0.306 e. The summed E-state index contributed by atoms with van der Waals surface area (Å²) in [6.07, 6.45) is 10.4. The zero-order valence-corrected chi connectivity index (χ0v) is 20.9. The minimum Gasteiger partial charge on any atom is -0.457 e. The number of ketones is 1. The average molecular weight is 479 g/mol. The van der Waals surface area contributed by atoms with E-state index in [9.17, 15) is 19.8 Å². The first-order valence-electron chi connectivity index (χ1n) is 12.7. The van der Waals surface area contributed by atoms with Gasteiger partial charge in [0.2, 0.25) is 0 Å². The number of Topliss-reactive ketones (excluding diaryl/α,β-unsaturated/α-hetero) is 1. The van der Waals surface area contributed by atoms with E-state index in [4.69, 9.17) is 4.74 Å². The standard InChI is InChI=1S/C30H38O5/c1-3-4-10-21(2)27(31)16-15-25-26-18-22(17-24(26)19-28(25)32)11-8-9-14-30(34)35-20-29(33)23-12-6-5-7-13-23/h5-7,11-13,15-16,21,24-28,31-32H,8-10,14,17-20H2,1-2H3/b16-15+,22-11+. The van der Waals surface area contributed by atoms with Crippen molar-refractivity contribution in [2.75, 3.05) is 6.61 Å². The largest absolute Gasteiger partial charge is 0.457 e. The van der Waals surface area contributed by atoms with Crippen molar-refractivity contribution in [2.45, 2.75) is 71.0 Å². The Bertz CT molecular complexity index is 967. The summed E-state index contributed by atoms with van der Waals surface area (Å²) in [7, 11) is 0. The van der Waals surface area contributed by atoms with Crippen molar-refractivity contribution in [3.8, 4) is 11.8 Å². The lowest BCUT2D eigenvalue weighted by Gasteiger charge is -2.19. The van der Waals surface area contributed by atoms with Gasteiger partial charge in [-0.25, -0.2) is 0 Å². The van der Waals surface area contributed by atoms with Crippen LogP contribution in [-0.4, -0.2) is 40.8 Å². The van der Waals surface area contributed by atoms with E-state index < -0.39 is 6.10 Å². The topological polar surface area (TPSA) is 83.8 Å². The Labute approximate surface area is 209 Å². The number of unbranched alkanes of at least 4 members (excludes halogenated alkanes) is 1. The molecule has 0 aliphatic heterocycles. The second-order valence-electron chi connectivity index (χ2n) is 9.90. The quantitative estimate of drug-likeness (QED) is 0.156. The molecule has 188 valence electrons.